The average molecular weight is 308 g/mol. The van der Waals surface area contributed by atoms with Gasteiger partial charge in [0.05, 0.1) is 0 Å². The second-order valence-corrected chi connectivity index (χ2v) is 10.3. The van der Waals surface area contributed by atoms with Gasteiger partial charge in [-0.2, -0.15) is 0 Å². The lowest BCUT2D eigenvalue weighted by Gasteiger charge is -2.10. The van der Waals surface area contributed by atoms with Crippen molar-refractivity contribution in [3.63, 3.8) is 0 Å². The van der Waals surface area contributed by atoms with E-state index in [2.05, 4.69) is 49.5 Å². The van der Waals surface area contributed by atoms with Gasteiger partial charge in [0.1, 0.15) is 8.07 Å². The van der Waals surface area contributed by atoms with E-state index in [9.17, 15) is 4.79 Å². The van der Waals surface area contributed by atoms with Gasteiger partial charge in [-0.25, -0.2) is 4.79 Å². The predicted octanol–water partition coefficient (Wildman–Crippen LogP) is 3.90. The highest BCUT2D eigenvalue weighted by atomic mass is 28.3. The molecule has 0 saturated carbocycles. The Morgan fingerprint density at radius 3 is 2.50 bits per heavy atom. The van der Waals surface area contributed by atoms with E-state index in [1.165, 1.54) is 18.2 Å². The number of allylic oxidation sites excluding steroid dienone is 2. The molecule has 0 bridgehead atoms. The molecule has 0 amide bonds. The maximum absolute atomic E-state index is 11.9. The number of hydrogen-bond acceptors (Lipinski definition) is 2. The van der Waals surface area contributed by atoms with Gasteiger partial charge in [0.15, 0.2) is 6.10 Å². The van der Waals surface area contributed by atoms with Crippen LogP contribution in [0.25, 0.3) is 0 Å². The maximum Gasteiger partial charge on any atom is 0.332 e. The van der Waals surface area contributed by atoms with Gasteiger partial charge in [-0.05, 0) is 18.1 Å². The number of benzene rings is 1. The first kappa shape index (κ1) is 17.6. The normalized spacial score (nSPS) is 11.6. The molecule has 0 saturated heterocycles. The van der Waals surface area contributed by atoms with Crippen LogP contribution >= 0.6 is 0 Å². The van der Waals surface area contributed by atoms with Crippen molar-refractivity contribution in [2.24, 2.45) is 0 Å². The first-order chi connectivity index (χ1) is 10.4. The number of hydrogen-bond donors (Lipinski definition) is 0. The summed E-state index contributed by atoms with van der Waals surface area (Å²) >= 11 is 0. The van der Waals surface area contributed by atoms with Crippen molar-refractivity contribution in [3.05, 3.63) is 60.7 Å². The second kappa shape index (κ2) is 8.72. The summed E-state index contributed by atoms with van der Waals surface area (Å²) in [6, 6.07) is 9.38. The summed E-state index contributed by atoms with van der Waals surface area (Å²) in [5.41, 5.74) is 3.98. The van der Waals surface area contributed by atoms with Gasteiger partial charge in [0.25, 0.3) is 0 Å². The van der Waals surface area contributed by atoms with Crippen LogP contribution in [0.5, 0.6) is 0 Å². The molecule has 1 unspecified atom stereocenters. The Balaban J connectivity index is 2.78. The summed E-state index contributed by atoms with van der Waals surface area (Å²) in [5.74, 6) is 8.02. The molecule has 1 atom stereocenters. The minimum absolute atomic E-state index is 0.461. The SMILES string of the molecule is C=CC#CC(OC(=O)/C=C\C#C[Si](C)(C)C)c1ccccc1. The Hall–Kier alpha value is -2.49. The Kier molecular flexibility index (Phi) is 6.96. The van der Waals surface area contributed by atoms with Gasteiger partial charge in [-0.1, -0.05) is 68.4 Å². The molecule has 3 heteroatoms. The van der Waals surface area contributed by atoms with E-state index in [1.54, 1.807) is 0 Å². The molecule has 1 rings (SSSR count). The zero-order valence-electron chi connectivity index (χ0n) is 13.2. The fraction of sp³-hybridized carbons (Fsp3) is 0.211. The lowest BCUT2D eigenvalue weighted by atomic mass is 10.1. The van der Waals surface area contributed by atoms with Gasteiger partial charge < -0.3 is 4.74 Å². The van der Waals surface area contributed by atoms with Crippen LogP contribution in [0.15, 0.2) is 55.1 Å². The molecule has 112 valence electrons. The quantitative estimate of drug-likeness (QED) is 0.366. The number of esters is 1. The number of ether oxygens (including phenoxy) is 1. The van der Waals surface area contributed by atoms with Gasteiger partial charge in [-0.15, -0.1) is 5.54 Å². The van der Waals surface area contributed by atoms with E-state index >= 15 is 0 Å². The molecule has 1 aromatic carbocycles. The summed E-state index contributed by atoms with van der Waals surface area (Å²) in [4.78, 5) is 11.9. The molecule has 0 heterocycles. The Bertz CT molecular complexity index is 659. The van der Waals surface area contributed by atoms with Gasteiger partial charge in [0.2, 0.25) is 0 Å². The molecule has 0 radical (unpaired) electrons. The predicted molar refractivity (Wildman–Crippen MR) is 93.5 cm³/mol. The number of rotatable bonds is 3. The van der Waals surface area contributed by atoms with E-state index in [4.69, 9.17) is 4.74 Å². The Morgan fingerprint density at radius 2 is 1.91 bits per heavy atom. The van der Waals surface area contributed by atoms with E-state index in [1.807, 2.05) is 30.3 Å². The molecule has 0 aromatic heterocycles. The third-order valence-corrected chi connectivity index (χ3v) is 3.30. The van der Waals surface area contributed by atoms with Crippen LogP contribution < -0.4 is 0 Å². The molecular formula is C19H20O2Si. The molecule has 22 heavy (non-hydrogen) atoms. The fourth-order valence-electron chi connectivity index (χ4n) is 1.47. The number of carbonyl (C=O) groups is 1. The fourth-order valence-corrected chi connectivity index (χ4v) is 1.98. The van der Waals surface area contributed by atoms with E-state index < -0.39 is 20.1 Å². The smallest absolute Gasteiger partial charge is 0.332 e. The minimum Gasteiger partial charge on any atom is -0.441 e. The lowest BCUT2D eigenvalue weighted by molar-refractivity contribution is -0.140. The van der Waals surface area contributed by atoms with Crippen molar-refractivity contribution in [1.29, 1.82) is 0 Å². The zero-order chi connectivity index (χ0) is 16.4. The highest BCUT2D eigenvalue weighted by Crippen LogP contribution is 2.16. The molecule has 1 aromatic rings. The van der Waals surface area contributed by atoms with Crippen LogP contribution in [0.1, 0.15) is 11.7 Å². The van der Waals surface area contributed by atoms with Crippen molar-refractivity contribution in [3.8, 4) is 23.3 Å². The summed E-state index contributed by atoms with van der Waals surface area (Å²) in [6.45, 7) is 9.97. The van der Waals surface area contributed by atoms with Gasteiger partial charge >= 0.3 is 5.97 Å². The Morgan fingerprint density at radius 1 is 1.23 bits per heavy atom. The van der Waals surface area contributed by atoms with Crippen molar-refractivity contribution in [2.45, 2.75) is 25.7 Å². The van der Waals surface area contributed by atoms with Crippen LogP contribution in [0.3, 0.4) is 0 Å². The highest BCUT2D eigenvalue weighted by molar-refractivity contribution is 6.83. The maximum atomic E-state index is 11.9. The van der Waals surface area contributed by atoms with Crippen LogP contribution in [0.2, 0.25) is 19.6 Å². The third kappa shape index (κ3) is 7.33. The minimum atomic E-state index is -1.43. The van der Waals surface area contributed by atoms with Crippen molar-refractivity contribution < 1.29 is 9.53 Å². The summed E-state index contributed by atoms with van der Waals surface area (Å²) in [7, 11) is -1.43. The molecule has 0 N–H and O–H groups in total. The molecule has 0 aliphatic heterocycles. The van der Waals surface area contributed by atoms with Crippen LogP contribution in [0.4, 0.5) is 0 Å². The van der Waals surface area contributed by atoms with Crippen LogP contribution in [-0.2, 0) is 9.53 Å². The monoisotopic (exact) mass is 308 g/mol. The second-order valence-electron chi connectivity index (χ2n) is 5.57. The molecule has 2 nitrogen and oxygen atoms in total. The summed E-state index contributed by atoms with van der Waals surface area (Å²) < 4.78 is 5.37. The van der Waals surface area contributed by atoms with E-state index in [-0.39, 0.29) is 0 Å². The third-order valence-electron chi connectivity index (χ3n) is 2.40. The standard InChI is InChI=1S/C19H20O2Si/c1-5-6-14-18(17-12-8-7-9-13-17)21-19(20)15-10-11-16-22(2,3)4/h5,7-10,12-13,15,18H,1H2,2-4H3/b15-10-. The molecule has 0 fully saturated rings. The molecule has 0 aliphatic carbocycles. The average Bonchev–Trinajstić information content (AvgIpc) is 2.48. The summed E-state index contributed by atoms with van der Waals surface area (Å²) in [6.07, 6.45) is 3.72. The van der Waals surface area contributed by atoms with Crippen molar-refractivity contribution in [2.75, 3.05) is 0 Å². The number of carbonyl (C=O) groups excluding carboxylic acids is 1. The topological polar surface area (TPSA) is 26.3 Å². The van der Waals surface area contributed by atoms with Crippen LogP contribution in [-0.4, -0.2) is 14.0 Å². The molecule has 0 aliphatic rings. The lowest BCUT2D eigenvalue weighted by Crippen LogP contribution is -2.16. The summed E-state index contributed by atoms with van der Waals surface area (Å²) in [5, 5.41) is 0. The van der Waals surface area contributed by atoms with Crippen molar-refractivity contribution in [1.82, 2.24) is 0 Å². The van der Waals surface area contributed by atoms with E-state index in [0.29, 0.717) is 0 Å². The molecule has 0 spiro atoms. The first-order valence-electron chi connectivity index (χ1n) is 6.99. The Labute approximate surface area is 133 Å². The molecular weight excluding hydrogens is 288 g/mol. The largest absolute Gasteiger partial charge is 0.441 e. The van der Waals surface area contributed by atoms with Crippen molar-refractivity contribution >= 4 is 14.0 Å². The first-order valence-corrected chi connectivity index (χ1v) is 10.5. The van der Waals surface area contributed by atoms with Crippen LogP contribution in [0, 0.1) is 23.3 Å². The van der Waals surface area contributed by atoms with E-state index in [0.717, 1.165) is 5.56 Å². The zero-order valence-corrected chi connectivity index (χ0v) is 14.2. The van der Waals surface area contributed by atoms with Gasteiger partial charge in [0, 0.05) is 11.6 Å². The van der Waals surface area contributed by atoms with Gasteiger partial charge in [-0.3, -0.25) is 0 Å². The highest BCUT2D eigenvalue weighted by Gasteiger charge is 2.12.